The van der Waals surface area contributed by atoms with Gasteiger partial charge in [0, 0.05) is 16.4 Å². The quantitative estimate of drug-likeness (QED) is 0.478. The van der Waals surface area contributed by atoms with Crippen LogP contribution in [0.1, 0.15) is 11.1 Å². The topological polar surface area (TPSA) is 17.3 Å². The van der Waals surface area contributed by atoms with Gasteiger partial charge in [-0.2, -0.15) is 0 Å². The van der Waals surface area contributed by atoms with Crippen molar-refractivity contribution in [3.05, 3.63) is 80.9 Å². The maximum atomic E-state index is 4.91. The lowest BCUT2D eigenvalue weighted by molar-refractivity contribution is 0.800. The highest BCUT2D eigenvalue weighted by molar-refractivity contribution is 9.10. The second-order valence-corrected chi connectivity index (χ2v) is 7.39. The minimum absolute atomic E-state index is 0.735. The number of benzene rings is 2. The summed E-state index contributed by atoms with van der Waals surface area (Å²) in [5.74, 6) is 0. The molecule has 2 nitrogen and oxygen atoms in total. The molecule has 0 aliphatic carbocycles. The summed E-state index contributed by atoms with van der Waals surface area (Å²) in [6, 6.07) is 14.6. The molecule has 3 rings (SSSR count). The van der Waals surface area contributed by atoms with Gasteiger partial charge in [0.05, 0.1) is 11.4 Å². The predicted molar refractivity (Wildman–Crippen MR) is 107 cm³/mol. The molecule has 3 aromatic rings. The van der Waals surface area contributed by atoms with Crippen molar-refractivity contribution in [2.24, 2.45) is 4.99 Å². The third-order valence-electron chi connectivity index (χ3n) is 4.04. The summed E-state index contributed by atoms with van der Waals surface area (Å²) in [4.78, 5) is 5.90. The Morgan fingerprint density at radius 3 is 2.62 bits per heavy atom. The van der Waals surface area contributed by atoms with E-state index in [-0.39, 0.29) is 0 Å². The molecule has 1 aromatic heterocycles. The zero-order chi connectivity index (χ0) is 17.1. The Morgan fingerprint density at radius 2 is 1.92 bits per heavy atom. The fourth-order valence-corrected chi connectivity index (χ4v) is 3.73. The van der Waals surface area contributed by atoms with E-state index in [9.17, 15) is 0 Å². The molecule has 0 spiro atoms. The Morgan fingerprint density at radius 1 is 1.17 bits per heavy atom. The molecule has 0 amide bonds. The SMILES string of the molecule is C=CCn1c(-c2ccc(Br)cc2)csc1=Nc1cccc(C)c1C. The third-order valence-corrected chi connectivity index (χ3v) is 5.43. The molecular formula is C20H19BrN2S. The molecule has 122 valence electrons. The fourth-order valence-electron chi connectivity index (χ4n) is 2.54. The van der Waals surface area contributed by atoms with Crippen molar-refractivity contribution in [2.45, 2.75) is 20.4 Å². The Bertz CT molecular complexity index is 933. The third kappa shape index (κ3) is 3.45. The molecule has 2 aromatic carbocycles. The van der Waals surface area contributed by atoms with Crippen LogP contribution in [0.5, 0.6) is 0 Å². The van der Waals surface area contributed by atoms with Gasteiger partial charge < -0.3 is 4.57 Å². The van der Waals surface area contributed by atoms with E-state index in [1.165, 1.54) is 16.7 Å². The number of allylic oxidation sites excluding steroid dienone is 1. The Labute approximate surface area is 155 Å². The molecule has 1 heterocycles. The predicted octanol–water partition coefficient (Wildman–Crippen LogP) is 6.01. The minimum Gasteiger partial charge on any atom is -0.313 e. The van der Waals surface area contributed by atoms with Crippen molar-refractivity contribution < 1.29 is 0 Å². The van der Waals surface area contributed by atoms with Gasteiger partial charge in [-0.15, -0.1) is 17.9 Å². The molecule has 0 aliphatic rings. The first-order chi connectivity index (χ1) is 11.6. The average molecular weight is 399 g/mol. The Balaban J connectivity index is 2.15. The van der Waals surface area contributed by atoms with E-state index in [2.05, 4.69) is 88.8 Å². The number of aromatic nitrogens is 1. The fraction of sp³-hybridized carbons (Fsp3) is 0.150. The molecule has 4 heteroatoms. The van der Waals surface area contributed by atoms with E-state index in [0.29, 0.717) is 0 Å². The largest absolute Gasteiger partial charge is 0.313 e. The second kappa shape index (κ2) is 7.32. The van der Waals surface area contributed by atoms with Crippen LogP contribution in [0.25, 0.3) is 11.3 Å². The number of hydrogen-bond acceptors (Lipinski definition) is 2. The van der Waals surface area contributed by atoms with Gasteiger partial charge in [-0.25, -0.2) is 4.99 Å². The van der Waals surface area contributed by atoms with E-state index in [4.69, 9.17) is 4.99 Å². The molecule has 0 saturated carbocycles. The van der Waals surface area contributed by atoms with E-state index in [0.717, 1.165) is 27.2 Å². The van der Waals surface area contributed by atoms with Crippen LogP contribution < -0.4 is 4.80 Å². The smallest absolute Gasteiger partial charge is 0.190 e. The Hall–Kier alpha value is -1.91. The normalized spacial score (nSPS) is 11.7. The molecule has 0 fully saturated rings. The number of thiazole rings is 1. The summed E-state index contributed by atoms with van der Waals surface area (Å²) in [5.41, 5.74) is 5.85. The number of hydrogen-bond donors (Lipinski definition) is 0. The van der Waals surface area contributed by atoms with Crippen molar-refractivity contribution in [2.75, 3.05) is 0 Å². The highest BCUT2D eigenvalue weighted by Gasteiger charge is 2.08. The van der Waals surface area contributed by atoms with Crippen LogP contribution in [-0.2, 0) is 6.54 Å². The molecule has 0 unspecified atom stereocenters. The number of rotatable bonds is 4. The van der Waals surface area contributed by atoms with Crippen molar-refractivity contribution in [3.8, 4) is 11.3 Å². The first-order valence-corrected chi connectivity index (χ1v) is 9.43. The van der Waals surface area contributed by atoms with Gasteiger partial charge in [0.1, 0.15) is 0 Å². The molecule has 0 atom stereocenters. The molecule has 0 saturated heterocycles. The van der Waals surface area contributed by atoms with E-state index in [1.807, 2.05) is 6.08 Å². The van der Waals surface area contributed by atoms with Gasteiger partial charge in [0.2, 0.25) is 0 Å². The zero-order valence-electron chi connectivity index (χ0n) is 13.8. The van der Waals surface area contributed by atoms with E-state index >= 15 is 0 Å². The lowest BCUT2D eigenvalue weighted by Crippen LogP contribution is -2.14. The van der Waals surface area contributed by atoms with Gasteiger partial charge >= 0.3 is 0 Å². The average Bonchev–Trinajstić information content (AvgIpc) is 2.96. The zero-order valence-corrected chi connectivity index (χ0v) is 16.2. The highest BCUT2D eigenvalue weighted by atomic mass is 79.9. The van der Waals surface area contributed by atoms with Gasteiger partial charge in [-0.1, -0.05) is 46.3 Å². The Kier molecular flexibility index (Phi) is 5.17. The minimum atomic E-state index is 0.735. The van der Waals surface area contributed by atoms with Crippen LogP contribution >= 0.6 is 27.3 Å². The monoisotopic (exact) mass is 398 g/mol. The van der Waals surface area contributed by atoms with Gasteiger partial charge in [0.15, 0.2) is 4.80 Å². The molecule has 24 heavy (non-hydrogen) atoms. The van der Waals surface area contributed by atoms with Gasteiger partial charge in [-0.3, -0.25) is 0 Å². The number of aryl methyl sites for hydroxylation is 1. The standard InChI is InChI=1S/C20H19BrN2S/c1-4-12-23-19(16-8-10-17(21)11-9-16)13-24-20(23)22-18-7-5-6-14(2)15(18)3/h4-11,13H,1,12H2,2-3H3. The van der Waals surface area contributed by atoms with Crippen LogP contribution in [0.2, 0.25) is 0 Å². The summed E-state index contributed by atoms with van der Waals surface area (Å²) in [5, 5.41) is 2.16. The first-order valence-electron chi connectivity index (χ1n) is 7.76. The molecule has 0 bridgehead atoms. The summed E-state index contributed by atoms with van der Waals surface area (Å²) in [7, 11) is 0. The highest BCUT2D eigenvalue weighted by Crippen LogP contribution is 2.24. The van der Waals surface area contributed by atoms with Gasteiger partial charge in [0.25, 0.3) is 0 Å². The van der Waals surface area contributed by atoms with Gasteiger partial charge in [-0.05, 0) is 48.7 Å². The van der Waals surface area contributed by atoms with Crippen LogP contribution in [0, 0.1) is 13.8 Å². The first kappa shape index (κ1) is 16.9. The summed E-state index contributed by atoms with van der Waals surface area (Å²) in [6.07, 6.45) is 1.91. The lowest BCUT2D eigenvalue weighted by atomic mass is 10.1. The second-order valence-electron chi connectivity index (χ2n) is 5.64. The maximum Gasteiger partial charge on any atom is 0.190 e. The molecular weight excluding hydrogens is 380 g/mol. The summed E-state index contributed by atoms with van der Waals surface area (Å²) < 4.78 is 3.29. The van der Waals surface area contributed by atoms with Crippen molar-refractivity contribution in [3.63, 3.8) is 0 Å². The van der Waals surface area contributed by atoms with E-state index in [1.54, 1.807) is 11.3 Å². The molecule has 0 radical (unpaired) electrons. The van der Waals surface area contributed by atoms with Crippen LogP contribution in [-0.4, -0.2) is 4.57 Å². The number of halogens is 1. The molecule has 0 N–H and O–H groups in total. The van der Waals surface area contributed by atoms with Crippen molar-refractivity contribution >= 4 is 33.0 Å². The van der Waals surface area contributed by atoms with Crippen molar-refractivity contribution in [1.82, 2.24) is 4.57 Å². The van der Waals surface area contributed by atoms with Crippen molar-refractivity contribution in [1.29, 1.82) is 0 Å². The summed E-state index contributed by atoms with van der Waals surface area (Å²) in [6.45, 7) is 8.87. The van der Waals surface area contributed by atoms with Crippen LogP contribution in [0.15, 0.2) is 70.0 Å². The van der Waals surface area contributed by atoms with Crippen LogP contribution in [0.3, 0.4) is 0 Å². The lowest BCUT2D eigenvalue weighted by Gasteiger charge is -2.07. The van der Waals surface area contributed by atoms with Crippen LogP contribution in [0.4, 0.5) is 5.69 Å². The molecule has 0 aliphatic heterocycles. The number of nitrogens with zero attached hydrogens (tertiary/aromatic N) is 2. The summed E-state index contributed by atoms with van der Waals surface area (Å²) >= 11 is 5.15. The maximum absolute atomic E-state index is 4.91. The van der Waals surface area contributed by atoms with E-state index < -0.39 is 0 Å².